The van der Waals surface area contributed by atoms with E-state index >= 15 is 0 Å². The van der Waals surface area contributed by atoms with Crippen LogP contribution < -0.4 is 10.6 Å². The number of benzene rings is 1. The minimum absolute atomic E-state index is 0.0320. The first-order valence-corrected chi connectivity index (χ1v) is 7.37. The van der Waals surface area contributed by atoms with Crippen LogP contribution in [-0.2, 0) is 17.8 Å². The monoisotopic (exact) mass is 276 g/mol. The van der Waals surface area contributed by atoms with Gasteiger partial charge in [-0.25, -0.2) is 4.39 Å². The van der Waals surface area contributed by atoms with Crippen molar-refractivity contribution in [3.8, 4) is 0 Å². The molecule has 0 bridgehead atoms. The predicted molar refractivity (Wildman–Crippen MR) is 76.9 cm³/mol. The van der Waals surface area contributed by atoms with Crippen molar-refractivity contribution in [2.45, 2.75) is 39.7 Å². The number of fused-ring (bicyclic) bond motifs is 1. The molecule has 0 aromatic heterocycles. The van der Waals surface area contributed by atoms with Gasteiger partial charge in [-0.1, -0.05) is 19.9 Å². The number of halogens is 1. The van der Waals surface area contributed by atoms with Crippen LogP contribution in [-0.4, -0.2) is 12.5 Å². The molecule has 1 aliphatic carbocycles. The number of anilines is 1. The molecular formula is C16H21FN2O. The van der Waals surface area contributed by atoms with Gasteiger partial charge in [-0.05, 0) is 48.4 Å². The van der Waals surface area contributed by atoms with E-state index in [0.29, 0.717) is 18.7 Å². The van der Waals surface area contributed by atoms with Gasteiger partial charge >= 0.3 is 0 Å². The van der Waals surface area contributed by atoms with Crippen LogP contribution >= 0.6 is 0 Å². The summed E-state index contributed by atoms with van der Waals surface area (Å²) >= 11 is 0. The highest BCUT2D eigenvalue weighted by atomic mass is 19.1. The maximum absolute atomic E-state index is 14.4. The summed E-state index contributed by atoms with van der Waals surface area (Å²) in [7, 11) is 0. The zero-order chi connectivity index (χ0) is 14.3. The number of amides is 1. The van der Waals surface area contributed by atoms with Gasteiger partial charge in [0.15, 0.2) is 0 Å². The molecule has 108 valence electrons. The minimum atomic E-state index is -0.254. The standard InChI is InChI=1S/C16H21FN2O/c1-3-16(2)8-12(16)15(20)19-13-5-4-10-9-18-7-6-11(10)14(13)17/h4-5,12,18H,3,6-9H2,1-2H3,(H,19,20). The average molecular weight is 276 g/mol. The first-order valence-electron chi connectivity index (χ1n) is 7.37. The SMILES string of the molecule is CCC1(C)CC1C(=O)Nc1ccc2c(c1F)CCNC2. The second kappa shape index (κ2) is 4.85. The minimum Gasteiger partial charge on any atom is -0.323 e. The van der Waals surface area contributed by atoms with Crippen molar-refractivity contribution in [2.75, 3.05) is 11.9 Å². The van der Waals surface area contributed by atoms with Gasteiger partial charge in [0.05, 0.1) is 5.69 Å². The van der Waals surface area contributed by atoms with Crippen LogP contribution in [0.15, 0.2) is 12.1 Å². The Morgan fingerprint density at radius 2 is 2.35 bits per heavy atom. The third-order valence-corrected chi connectivity index (χ3v) is 4.94. The molecule has 2 aliphatic rings. The van der Waals surface area contributed by atoms with E-state index in [1.807, 2.05) is 6.07 Å². The van der Waals surface area contributed by atoms with Gasteiger partial charge in [-0.15, -0.1) is 0 Å². The highest BCUT2D eigenvalue weighted by Gasteiger charge is 2.52. The van der Waals surface area contributed by atoms with E-state index in [-0.39, 0.29) is 23.1 Å². The molecule has 3 nitrogen and oxygen atoms in total. The van der Waals surface area contributed by atoms with Gasteiger partial charge in [-0.2, -0.15) is 0 Å². The fourth-order valence-electron chi connectivity index (χ4n) is 3.06. The summed E-state index contributed by atoms with van der Waals surface area (Å²) in [5.74, 6) is -0.261. The average Bonchev–Trinajstić information content (AvgIpc) is 3.15. The van der Waals surface area contributed by atoms with Gasteiger partial charge in [0.25, 0.3) is 0 Å². The lowest BCUT2D eigenvalue weighted by atomic mass is 9.99. The Kier molecular flexibility index (Phi) is 3.28. The Balaban J connectivity index is 1.77. The lowest BCUT2D eigenvalue weighted by molar-refractivity contribution is -0.118. The summed E-state index contributed by atoms with van der Waals surface area (Å²) < 4.78 is 14.4. The molecule has 1 heterocycles. The predicted octanol–water partition coefficient (Wildman–Crippen LogP) is 2.85. The maximum Gasteiger partial charge on any atom is 0.228 e. The van der Waals surface area contributed by atoms with Crippen LogP contribution in [0.5, 0.6) is 0 Å². The highest BCUT2D eigenvalue weighted by molar-refractivity contribution is 5.95. The van der Waals surface area contributed by atoms with Gasteiger partial charge in [0, 0.05) is 12.5 Å². The first kappa shape index (κ1) is 13.6. The van der Waals surface area contributed by atoms with E-state index in [0.717, 1.165) is 30.5 Å². The largest absolute Gasteiger partial charge is 0.323 e. The molecule has 1 aromatic rings. The van der Waals surface area contributed by atoms with E-state index in [2.05, 4.69) is 24.5 Å². The molecule has 2 atom stereocenters. The van der Waals surface area contributed by atoms with Crippen LogP contribution in [0.3, 0.4) is 0 Å². The van der Waals surface area contributed by atoms with Gasteiger partial charge in [-0.3, -0.25) is 4.79 Å². The van der Waals surface area contributed by atoms with Crippen molar-refractivity contribution >= 4 is 11.6 Å². The van der Waals surface area contributed by atoms with Crippen LogP contribution in [0.2, 0.25) is 0 Å². The number of carbonyl (C=O) groups excluding carboxylic acids is 1. The molecule has 1 fully saturated rings. The van der Waals surface area contributed by atoms with Gasteiger partial charge < -0.3 is 10.6 Å². The molecule has 1 aliphatic heterocycles. The van der Waals surface area contributed by atoms with Crippen LogP contribution in [0.4, 0.5) is 10.1 Å². The Bertz CT molecular complexity index is 558. The third-order valence-electron chi connectivity index (χ3n) is 4.94. The summed E-state index contributed by atoms with van der Waals surface area (Å²) in [6.07, 6.45) is 2.58. The zero-order valence-corrected chi connectivity index (χ0v) is 12.1. The van der Waals surface area contributed by atoms with Crippen molar-refractivity contribution < 1.29 is 9.18 Å². The van der Waals surface area contributed by atoms with Crippen LogP contribution in [0.1, 0.15) is 37.8 Å². The summed E-state index contributed by atoms with van der Waals surface area (Å²) in [4.78, 5) is 12.2. The second-order valence-corrected chi connectivity index (χ2v) is 6.25. The fourth-order valence-corrected chi connectivity index (χ4v) is 3.06. The third kappa shape index (κ3) is 2.22. The summed E-state index contributed by atoms with van der Waals surface area (Å²) in [6.45, 7) is 5.71. The van der Waals surface area contributed by atoms with Crippen molar-refractivity contribution in [1.29, 1.82) is 0 Å². The number of nitrogens with one attached hydrogen (secondary N) is 2. The van der Waals surface area contributed by atoms with Crippen molar-refractivity contribution in [1.82, 2.24) is 5.32 Å². The summed E-state index contributed by atoms with van der Waals surface area (Å²) in [5.41, 5.74) is 2.19. The summed E-state index contributed by atoms with van der Waals surface area (Å²) in [5, 5.41) is 6.00. The molecule has 2 unspecified atom stereocenters. The smallest absolute Gasteiger partial charge is 0.228 e. The molecule has 4 heteroatoms. The maximum atomic E-state index is 14.4. The highest BCUT2D eigenvalue weighted by Crippen LogP contribution is 2.55. The van der Waals surface area contributed by atoms with Crippen molar-refractivity contribution in [3.63, 3.8) is 0 Å². The number of rotatable bonds is 3. The molecule has 1 amide bonds. The topological polar surface area (TPSA) is 41.1 Å². The summed E-state index contributed by atoms with van der Waals surface area (Å²) in [6, 6.07) is 3.59. The van der Waals surface area contributed by atoms with Crippen LogP contribution in [0.25, 0.3) is 0 Å². The molecule has 2 N–H and O–H groups in total. The van der Waals surface area contributed by atoms with E-state index in [4.69, 9.17) is 0 Å². The lowest BCUT2D eigenvalue weighted by Crippen LogP contribution is -2.25. The molecule has 1 aromatic carbocycles. The number of hydrogen-bond donors (Lipinski definition) is 2. The normalized spacial score (nSPS) is 27.9. The molecule has 0 spiro atoms. The second-order valence-electron chi connectivity index (χ2n) is 6.25. The van der Waals surface area contributed by atoms with E-state index in [9.17, 15) is 9.18 Å². The molecule has 3 rings (SSSR count). The Morgan fingerprint density at radius 1 is 1.55 bits per heavy atom. The van der Waals surface area contributed by atoms with Crippen LogP contribution in [0, 0.1) is 17.2 Å². The lowest BCUT2D eigenvalue weighted by Gasteiger charge is -2.19. The molecule has 0 saturated heterocycles. The molecule has 0 radical (unpaired) electrons. The van der Waals surface area contributed by atoms with E-state index < -0.39 is 0 Å². The number of carbonyl (C=O) groups is 1. The van der Waals surface area contributed by atoms with E-state index in [1.54, 1.807) is 6.07 Å². The zero-order valence-electron chi connectivity index (χ0n) is 12.1. The van der Waals surface area contributed by atoms with E-state index in [1.165, 1.54) is 0 Å². The van der Waals surface area contributed by atoms with Gasteiger partial charge in [0.2, 0.25) is 5.91 Å². The number of hydrogen-bond acceptors (Lipinski definition) is 2. The Labute approximate surface area is 118 Å². The quantitative estimate of drug-likeness (QED) is 0.891. The van der Waals surface area contributed by atoms with Crippen molar-refractivity contribution in [3.05, 3.63) is 29.1 Å². The Morgan fingerprint density at radius 3 is 3.05 bits per heavy atom. The first-order chi connectivity index (χ1) is 9.55. The van der Waals surface area contributed by atoms with Gasteiger partial charge in [0.1, 0.15) is 5.82 Å². The Hall–Kier alpha value is -1.42. The molecule has 1 saturated carbocycles. The molecular weight excluding hydrogens is 255 g/mol. The molecule has 20 heavy (non-hydrogen) atoms. The fraction of sp³-hybridized carbons (Fsp3) is 0.562. The van der Waals surface area contributed by atoms with Crippen molar-refractivity contribution in [2.24, 2.45) is 11.3 Å².